The van der Waals surface area contributed by atoms with Crippen molar-refractivity contribution in [2.45, 2.75) is 0 Å². The first-order valence-electron chi connectivity index (χ1n) is 2.65. The predicted molar refractivity (Wildman–Crippen MR) is 56.6 cm³/mol. The summed E-state index contributed by atoms with van der Waals surface area (Å²) >= 11 is 3.92. The average Bonchev–Trinajstić information content (AvgIpc) is 1.94. The molecule has 1 aromatic rings. The van der Waals surface area contributed by atoms with Crippen molar-refractivity contribution in [1.29, 1.82) is 0 Å². The molecule has 0 spiro atoms. The van der Waals surface area contributed by atoms with Crippen LogP contribution in [-0.2, 0) is 0 Å². The molecule has 3 nitrogen and oxygen atoms in total. The molecule has 0 aromatic carbocycles. The fourth-order valence-electron chi connectivity index (χ4n) is 0.573. The maximum atomic E-state index is 10.5. The van der Waals surface area contributed by atoms with Gasteiger partial charge in [-0.15, -0.1) is 0 Å². The lowest BCUT2D eigenvalue weighted by Crippen LogP contribution is -2.01. The second kappa shape index (κ2) is 3.65. The number of hydrogen-bond donors (Lipinski definition) is 1. The quantitative estimate of drug-likeness (QED) is 0.604. The van der Waals surface area contributed by atoms with Gasteiger partial charge in [0, 0.05) is 9.77 Å². The van der Waals surface area contributed by atoms with Crippen molar-refractivity contribution in [3.05, 3.63) is 25.1 Å². The summed E-state index contributed by atoms with van der Waals surface area (Å²) in [5, 5.41) is 8.64. The van der Waals surface area contributed by atoms with E-state index in [0.29, 0.717) is 3.70 Å². The zero-order valence-electron chi connectivity index (χ0n) is 5.21. The summed E-state index contributed by atoms with van der Waals surface area (Å²) < 4.78 is 1.36. The molecule has 0 fully saturated rings. The van der Waals surface area contributed by atoms with E-state index >= 15 is 0 Å². The van der Waals surface area contributed by atoms with E-state index in [0.717, 1.165) is 3.57 Å². The zero-order valence-corrected chi connectivity index (χ0v) is 9.53. The van der Waals surface area contributed by atoms with E-state index in [1.54, 1.807) is 12.3 Å². The Bertz CT molecular complexity index is 301. The molecule has 0 aliphatic heterocycles. The Balaban J connectivity index is 3.23. The van der Waals surface area contributed by atoms with Crippen LogP contribution in [0.15, 0.2) is 12.3 Å². The highest BCUT2D eigenvalue weighted by Gasteiger charge is 2.08. The largest absolute Gasteiger partial charge is 0.478 e. The number of rotatable bonds is 1. The topological polar surface area (TPSA) is 50.2 Å². The van der Waals surface area contributed by atoms with Crippen molar-refractivity contribution in [3.63, 3.8) is 0 Å². The Morgan fingerprint density at radius 2 is 2.18 bits per heavy atom. The van der Waals surface area contributed by atoms with Crippen LogP contribution in [0.5, 0.6) is 0 Å². The minimum Gasteiger partial charge on any atom is -0.478 e. The first-order chi connectivity index (χ1) is 5.11. The molecule has 1 heterocycles. The van der Waals surface area contributed by atoms with Gasteiger partial charge in [0.15, 0.2) is 0 Å². The van der Waals surface area contributed by atoms with Gasteiger partial charge >= 0.3 is 5.97 Å². The summed E-state index contributed by atoms with van der Waals surface area (Å²) in [6, 6.07) is 1.59. The van der Waals surface area contributed by atoms with E-state index in [1.165, 1.54) is 0 Å². The molecule has 0 radical (unpaired) electrons. The van der Waals surface area contributed by atoms with Crippen molar-refractivity contribution < 1.29 is 9.90 Å². The number of carbonyl (C=O) groups is 1. The molecular weight excluding hydrogens is 372 g/mol. The van der Waals surface area contributed by atoms with Gasteiger partial charge in [0.25, 0.3) is 0 Å². The van der Waals surface area contributed by atoms with Gasteiger partial charge in [-0.05, 0) is 51.2 Å². The normalized spacial score (nSPS) is 9.64. The molecule has 0 amide bonds. The molecule has 11 heavy (non-hydrogen) atoms. The van der Waals surface area contributed by atoms with Crippen molar-refractivity contribution in [1.82, 2.24) is 4.98 Å². The summed E-state index contributed by atoms with van der Waals surface area (Å²) in [7, 11) is 0. The van der Waals surface area contributed by atoms with Crippen LogP contribution in [0.3, 0.4) is 0 Å². The third-order valence-electron chi connectivity index (χ3n) is 1.04. The zero-order chi connectivity index (χ0) is 8.43. The Kier molecular flexibility index (Phi) is 3.05. The molecule has 1 rings (SSSR count). The van der Waals surface area contributed by atoms with Gasteiger partial charge in [0.2, 0.25) is 0 Å². The van der Waals surface area contributed by atoms with E-state index in [9.17, 15) is 4.79 Å². The molecule has 0 saturated heterocycles. The first-order valence-corrected chi connectivity index (χ1v) is 4.81. The fourth-order valence-corrected chi connectivity index (χ4v) is 1.55. The van der Waals surface area contributed by atoms with Crippen LogP contribution in [0, 0.1) is 7.27 Å². The van der Waals surface area contributed by atoms with E-state index < -0.39 is 5.97 Å². The van der Waals surface area contributed by atoms with Gasteiger partial charge in [-0.1, -0.05) is 0 Å². The Labute approximate surface area is 90.5 Å². The molecule has 1 N–H and O–H groups in total. The predicted octanol–water partition coefficient (Wildman–Crippen LogP) is 1.99. The number of aromatic nitrogens is 1. The number of aromatic carboxylic acids is 1. The highest BCUT2D eigenvalue weighted by atomic mass is 127. The fraction of sp³-hybridized carbons (Fsp3) is 0. The number of hydrogen-bond acceptors (Lipinski definition) is 2. The van der Waals surface area contributed by atoms with E-state index in [4.69, 9.17) is 5.11 Å². The highest BCUT2D eigenvalue weighted by Crippen LogP contribution is 2.12. The van der Waals surface area contributed by atoms with Gasteiger partial charge in [-0.25, -0.2) is 9.78 Å². The highest BCUT2D eigenvalue weighted by molar-refractivity contribution is 14.1. The van der Waals surface area contributed by atoms with Crippen molar-refractivity contribution >= 4 is 51.2 Å². The first kappa shape index (κ1) is 9.17. The van der Waals surface area contributed by atoms with E-state index in [-0.39, 0.29) is 5.56 Å². The van der Waals surface area contributed by atoms with E-state index in [2.05, 4.69) is 4.98 Å². The van der Waals surface area contributed by atoms with Crippen LogP contribution >= 0.6 is 45.2 Å². The minimum absolute atomic E-state index is 0.262. The molecule has 1 aromatic heterocycles. The minimum atomic E-state index is -0.930. The van der Waals surface area contributed by atoms with Gasteiger partial charge in [-0.2, -0.15) is 0 Å². The van der Waals surface area contributed by atoms with Crippen LogP contribution in [0.4, 0.5) is 0 Å². The molecule has 5 heteroatoms. The van der Waals surface area contributed by atoms with Crippen LogP contribution in [0.2, 0.25) is 0 Å². The molecule has 0 bridgehead atoms. The Morgan fingerprint density at radius 1 is 1.55 bits per heavy atom. The monoisotopic (exact) mass is 375 g/mol. The smallest absolute Gasteiger partial charge is 0.338 e. The summed E-state index contributed by atoms with van der Waals surface area (Å²) in [4.78, 5) is 14.4. The number of carboxylic acids is 1. The number of carboxylic acid groups (broad SMARTS) is 1. The molecule has 0 aliphatic rings. The van der Waals surface area contributed by atoms with Crippen LogP contribution in [-0.4, -0.2) is 16.1 Å². The molecule has 58 valence electrons. The SMILES string of the molecule is O=C(O)c1cc(I)cnc1I. The van der Waals surface area contributed by atoms with Gasteiger partial charge in [0.05, 0.1) is 5.56 Å². The van der Waals surface area contributed by atoms with Crippen molar-refractivity contribution in [2.24, 2.45) is 0 Å². The third kappa shape index (κ3) is 2.26. The molecule has 0 unspecified atom stereocenters. The number of halogens is 2. The Hall–Kier alpha value is 0.0800. The van der Waals surface area contributed by atoms with Crippen molar-refractivity contribution in [3.8, 4) is 0 Å². The summed E-state index contributed by atoms with van der Waals surface area (Å²) in [6.07, 6.45) is 1.63. The lowest BCUT2D eigenvalue weighted by molar-refractivity contribution is 0.0695. The third-order valence-corrected chi connectivity index (χ3v) is 2.49. The second-order valence-electron chi connectivity index (χ2n) is 1.80. The lowest BCUT2D eigenvalue weighted by Gasteiger charge is -1.96. The lowest BCUT2D eigenvalue weighted by atomic mass is 10.3. The summed E-state index contributed by atoms with van der Waals surface area (Å²) in [5.74, 6) is -0.930. The number of pyridine rings is 1. The van der Waals surface area contributed by atoms with Gasteiger partial charge in [-0.3, -0.25) is 0 Å². The van der Waals surface area contributed by atoms with Crippen LogP contribution in [0.25, 0.3) is 0 Å². The molecule has 0 atom stereocenters. The summed E-state index contributed by atoms with van der Waals surface area (Å²) in [6.45, 7) is 0. The Morgan fingerprint density at radius 3 is 2.64 bits per heavy atom. The molecule has 0 aliphatic carbocycles. The number of nitrogens with zero attached hydrogens (tertiary/aromatic N) is 1. The van der Waals surface area contributed by atoms with Crippen molar-refractivity contribution in [2.75, 3.05) is 0 Å². The molecular formula is C6H3I2NO2. The average molecular weight is 375 g/mol. The van der Waals surface area contributed by atoms with Gasteiger partial charge < -0.3 is 5.11 Å². The van der Waals surface area contributed by atoms with Crippen LogP contribution < -0.4 is 0 Å². The second-order valence-corrected chi connectivity index (χ2v) is 4.06. The van der Waals surface area contributed by atoms with E-state index in [1.807, 2.05) is 45.2 Å². The van der Waals surface area contributed by atoms with Crippen LogP contribution in [0.1, 0.15) is 10.4 Å². The maximum absolute atomic E-state index is 10.5. The van der Waals surface area contributed by atoms with Gasteiger partial charge in [0.1, 0.15) is 3.70 Å². The maximum Gasteiger partial charge on any atom is 0.338 e. The standard InChI is InChI=1S/C6H3I2NO2/c7-3-1-4(6(10)11)5(8)9-2-3/h1-2H,(H,10,11). The molecule has 0 saturated carbocycles. The summed E-state index contributed by atoms with van der Waals surface area (Å²) in [5.41, 5.74) is 0.262.